The molecule has 1 aromatic carbocycles. The molecule has 3 rings (SSSR count). The fourth-order valence-electron chi connectivity index (χ4n) is 7.66. The second-order valence-corrected chi connectivity index (χ2v) is 19.3. The summed E-state index contributed by atoms with van der Waals surface area (Å²) in [6.45, 7) is 18.3. The molecule has 1 aromatic rings. The molecule has 2 aliphatic rings. The third kappa shape index (κ3) is 4.12. The molecule has 0 unspecified atom stereocenters. The molecule has 0 amide bonds. The van der Waals surface area contributed by atoms with Gasteiger partial charge in [0.05, 0.1) is 16.5 Å². The highest BCUT2D eigenvalue weighted by molar-refractivity contribution is 7.89. The van der Waals surface area contributed by atoms with Crippen LogP contribution in [0.25, 0.3) is 0 Å². The predicted octanol–water partition coefficient (Wildman–Crippen LogP) is 7.38. The molecule has 6 heteroatoms. The fraction of sp³-hybridized carbons (Fsp3) is 0.679. The van der Waals surface area contributed by atoms with Crippen molar-refractivity contribution in [3.63, 3.8) is 0 Å². The SMILES string of the molecule is Cc1ccc(S(=O)(=O)N2C[C@H](C)/C(=C(/C#N)[Si](C(C)C)(C(C)C)C(C)C)C23CCCCC3)cc1. The lowest BCUT2D eigenvalue weighted by molar-refractivity contribution is 0.203. The normalized spacial score (nSPS) is 23.2. The van der Waals surface area contributed by atoms with Crippen LogP contribution in [0.5, 0.6) is 0 Å². The Balaban J connectivity index is 2.34. The average Bonchev–Trinajstić information content (AvgIpc) is 3.03. The largest absolute Gasteiger partial charge is 0.243 e. The van der Waals surface area contributed by atoms with Crippen LogP contribution in [0.4, 0.5) is 0 Å². The number of allylic oxidation sites excluding steroid dienone is 1. The molecular formula is C28H44N2O2SSi. The summed E-state index contributed by atoms with van der Waals surface area (Å²) in [6, 6.07) is 10.0. The summed E-state index contributed by atoms with van der Waals surface area (Å²) < 4.78 is 30.0. The monoisotopic (exact) mass is 500 g/mol. The zero-order valence-corrected chi connectivity index (χ0v) is 24.3. The summed E-state index contributed by atoms with van der Waals surface area (Å²) in [5, 5.41) is 11.8. The number of nitriles is 1. The van der Waals surface area contributed by atoms with Crippen LogP contribution in [-0.2, 0) is 10.0 Å². The van der Waals surface area contributed by atoms with E-state index in [9.17, 15) is 13.7 Å². The Morgan fingerprint density at radius 3 is 1.94 bits per heavy atom. The average molecular weight is 501 g/mol. The van der Waals surface area contributed by atoms with Gasteiger partial charge in [-0.3, -0.25) is 0 Å². The molecule has 34 heavy (non-hydrogen) atoms. The highest BCUT2D eigenvalue weighted by atomic mass is 32.2. The Kier molecular flexibility index (Phi) is 7.92. The van der Waals surface area contributed by atoms with Crippen LogP contribution in [0.15, 0.2) is 39.9 Å². The van der Waals surface area contributed by atoms with Crippen LogP contribution in [0.2, 0.25) is 16.6 Å². The Bertz CT molecular complexity index is 1040. The summed E-state index contributed by atoms with van der Waals surface area (Å²) in [4.78, 5) is 0.370. The summed E-state index contributed by atoms with van der Waals surface area (Å²) in [5.41, 5.74) is 2.88. The van der Waals surface area contributed by atoms with Gasteiger partial charge in [-0.25, -0.2) is 8.42 Å². The number of aryl methyl sites for hydroxylation is 1. The third-order valence-corrected chi connectivity index (χ3v) is 17.8. The van der Waals surface area contributed by atoms with E-state index in [1.54, 1.807) is 12.1 Å². The van der Waals surface area contributed by atoms with E-state index in [1.165, 1.54) is 5.57 Å². The fourth-order valence-corrected chi connectivity index (χ4v) is 16.4. The van der Waals surface area contributed by atoms with E-state index in [2.05, 4.69) is 54.5 Å². The van der Waals surface area contributed by atoms with Gasteiger partial charge in [-0.15, -0.1) is 0 Å². The molecule has 0 bridgehead atoms. The van der Waals surface area contributed by atoms with Gasteiger partial charge in [-0.2, -0.15) is 9.57 Å². The molecule has 188 valence electrons. The van der Waals surface area contributed by atoms with E-state index in [0.717, 1.165) is 42.9 Å². The van der Waals surface area contributed by atoms with Gasteiger partial charge in [-0.05, 0) is 60.0 Å². The first-order valence-electron chi connectivity index (χ1n) is 13.1. The Labute approximate surface area is 209 Å². The van der Waals surface area contributed by atoms with Gasteiger partial charge in [0.25, 0.3) is 0 Å². The van der Waals surface area contributed by atoms with Gasteiger partial charge in [0.1, 0.15) is 8.07 Å². The molecule has 4 nitrogen and oxygen atoms in total. The van der Waals surface area contributed by atoms with Crippen LogP contribution < -0.4 is 0 Å². The van der Waals surface area contributed by atoms with Crippen molar-refractivity contribution in [2.75, 3.05) is 6.54 Å². The molecule has 1 atom stereocenters. The number of nitrogens with zero attached hydrogens (tertiary/aromatic N) is 2. The van der Waals surface area contributed by atoms with Crippen LogP contribution in [0, 0.1) is 24.2 Å². The summed E-state index contributed by atoms with van der Waals surface area (Å²) in [7, 11) is -5.92. The Morgan fingerprint density at radius 1 is 1.00 bits per heavy atom. The highest BCUT2D eigenvalue weighted by Crippen LogP contribution is 2.56. The summed E-state index contributed by atoms with van der Waals surface area (Å²) >= 11 is 0. The van der Waals surface area contributed by atoms with E-state index < -0.39 is 23.6 Å². The minimum atomic E-state index is -3.67. The molecule has 0 radical (unpaired) electrons. The lowest BCUT2D eigenvalue weighted by Gasteiger charge is -2.47. The van der Waals surface area contributed by atoms with Gasteiger partial charge in [0.15, 0.2) is 0 Å². The van der Waals surface area contributed by atoms with E-state index in [-0.39, 0.29) is 5.92 Å². The van der Waals surface area contributed by atoms with Crippen molar-refractivity contribution in [1.29, 1.82) is 5.26 Å². The Hall–Kier alpha value is -1.42. The topological polar surface area (TPSA) is 61.2 Å². The first kappa shape index (κ1) is 27.2. The van der Waals surface area contributed by atoms with E-state index in [1.807, 2.05) is 23.4 Å². The van der Waals surface area contributed by atoms with Gasteiger partial charge in [0, 0.05) is 11.7 Å². The van der Waals surface area contributed by atoms with Crippen molar-refractivity contribution in [1.82, 2.24) is 4.31 Å². The molecule has 0 N–H and O–H groups in total. The first-order valence-corrected chi connectivity index (χ1v) is 16.8. The first-order chi connectivity index (χ1) is 15.9. The van der Waals surface area contributed by atoms with Crippen LogP contribution in [0.1, 0.15) is 86.1 Å². The number of sulfonamides is 1. The lowest BCUT2D eigenvalue weighted by atomic mass is 9.75. The number of rotatable bonds is 6. The summed E-state index contributed by atoms with van der Waals surface area (Å²) in [5.74, 6) is 0.0519. The van der Waals surface area contributed by atoms with Crippen molar-refractivity contribution < 1.29 is 8.42 Å². The molecule has 1 spiro atoms. The maximum Gasteiger partial charge on any atom is 0.243 e. The molecule has 1 saturated heterocycles. The van der Waals surface area contributed by atoms with Crippen LogP contribution in [0.3, 0.4) is 0 Å². The maximum absolute atomic E-state index is 14.1. The molecule has 0 aromatic heterocycles. The standard InChI is InChI=1S/C28H44N2O2SSi/c1-20(2)34(21(3)4,22(5)6)26(18-29)27-24(8)19-30(28(27)16-10-9-11-17-28)33(31,32)25-14-12-23(7)13-15-25/h12-15,20-22,24H,9-11,16-17,19H2,1-8H3/b27-26+/t24-/m0/s1. The van der Waals surface area contributed by atoms with Gasteiger partial charge < -0.3 is 0 Å². The molecule has 1 saturated carbocycles. The number of benzene rings is 1. The lowest BCUT2D eigenvalue weighted by Crippen LogP contribution is -2.52. The Morgan fingerprint density at radius 2 is 1.50 bits per heavy atom. The van der Waals surface area contributed by atoms with Crippen molar-refractivity contribution in [2.45, 2.75) is 115 Å². The smallest absolute Gasteiger partial charge is 0.207 e. The minimum Gasteiger partial charge on any atom is -0.207 e. The molecular weight excluding hydrogens is 456 g/mol. The number of hydrogen-bond acceptors (Lipinski definition) is 3. The van der Waals surface area contributed by atoms with Gasteiger partial charge in [-0.1, -0.05) is 85.4 Å². The van der Waals surface area contributed by atoms with Crippen LogP contribution >= 0.6 is 0 Å². The summed E-state index contributed by atoms with van der Waals surface area (Å²) in [6.07, 6.45) is 4.79. The van der Waals surface area contributed by atoms with Gasteiger partial charge in [0.2, 0.25) is 10.0 Å². The predicted molar refractivity (Wildman–Crippen MR) is 144 cm³/mol. The van der Waals surface area contributed by atoms with Crippen molar-refractivity contribution >= 4 is 18.1 Å². The maximum atomic E-state index is 14.1. The molecule has 2 fully saturated rings. The molecule has 1 aliphatic carbocycles. The second kappa shape index (κ2) is 9.91. The van der Waals surface area contributed by atoms with Crippen molar-refractivity contribution in [3.8, 4) is 6.07 Å². The molecule has 1 heterocycles. The zero-order chi connectivity index (χ0) is 25.5. The third-order valence-electron chi connectivity index (χ3n) is 8.88. The molecule has 1 aliphatic heterocycles. The van der Waals surface area contributed by atoms with Crippen LogP contribution in [-0.4, -0.2) is 32.9 Å². The minimum absolute atomic E-state index is 0.0519. The highest BCUT2D eigenvalue weighted by Gasteiger charge is 2.58. The van der Waals surface area contributed by atoms with E-state index in [0.29, 0.717) is 28.1 Å². The van der Waals surface area contributed by atoms with Crippen molar-refractivity contribution in [3.05, 3.63) is 40.6 Å². The van der Waals surface area contributed by atoms with E-state index in [4.69, 9.17) is 0 Å². The second-order valence-electron chi connectivity index (χ2n) is 11.6. The quantitative estimate of drug-likeness (QED) is 0.302. The van der Waals surface area contributed by atoms with Gasteiger partial charge >= 0.3 is 0 Å². The number of hydrogen-bond donors (Lipinski definition) is 0. The van der Waals surface area contributed by atoms with Crippen molar-refractivity contribution in [2.24, 2.45) is 5.92 Å². The van der Waals surface area contributed by atoms with E-state index >= 15 is 0 Å². The zero-order valence-electron chi connectivity index (χ0n) is 22.5.